The summed E-state index contributed by atoms with van der Waals surface area (Å²) in [6.07, 6.45) is 13.9. The number of allylic oxidation sites excluding steroid dienone is 7. The van der Waals surface area contributed by atoms with Crippen molar-refractivity contribution >= 4 is 0 Å². The van der Waals surface area contributed by atoms with Crippen molar-refractivity contribution in [1.29, 1.82) is 0 Å². The van der Waals surface area contributed by atoms with Gasteiger partial charge in [-0.1, -0.05) is 65.8 Å². The Morgan fingerprint density at radius 1 is 1.04 bits per heavy atom. The molecular formula is C23H42O2Ti. The van der Waals surface area contributed by atoms with Gasteiger partial charge in [0.1, 0.15) is 0 Å². The second-order valence-corrected chi connectivity index (χ2v) is 7.96. The van der Waals surface area contributed by atoms with Gasteiger partial charge in [0.05, 0.1) is 0 Å². The summed E-state index contributed by atoms with van der Waals surface area (Å²) in [5, 5.41) is 20.2. The van der Waals surface area contributed by atoms with E-state index in [2.05, 4.69) is 39.5 Å². The first kappa shape index (κ1) is 36.5. The van der Waals surface area contributed by atoms with Gasteiger partial charge in [-0.3, -0.25) is 6.08 Å². The topological polar surface area (TPSA) is 46.1 Å². The van der Waals surface area contributed by atoms with Crippen LogP contribution in [0, 0.1) is 12.0 Å². The van der Waals surface area contributed by atoms with Gasteiger partial charge >= 0.3 is 21.7 Å². The largest absolute Gasteiger partial charge is 4.00 e. The van der Waals surface area contributed by atoms with E-state index in [0.29, 0.717) is 0 Å². The van der Waals surface area contributed by atoms with Crippen molar-refractivity contribution in [2.75, 3.05) is 0 Å². The van der Waals surface area contributed by atoms with Crippen LogP contribution in [0.1, 0.15) is 82.6 Å². The van der Waals surface area contributed by atoms with Gasteiger partial charge in [-0.15, -0.1) is 17.6 Å². The molecule has 26 heavy (non-hydrogen) atoms. The van der Waals surface area contributed by atoms with Crippen LogP contribution in [0.15, 0.2) is 42.5 Å². The number of hydrogen-bond acceptors (Lipinski definition) is 2. The Morgan fingerprint density at radius 3 is 1.38 bits per heavy atom. The first-order chi connectivity index (χ1) is 11.0. The van der Waals surface area contributed by atoms with E-state index in [1.807, 2.05) is 38.2 Å². The first-order valence-electron chi connectivity index (χ1n) is 8.69. The third kappa shape index (κ3) is 163. The third-order valence-corrected chi connectivity index (χ3v) is 1.36. The van der Waals surface area contributed by atoms with Gasteiger partial charge < -0.3 is 16.1 Å². The molecule has 0 amide bonds. The molecule has 0 aromatic carbocycles. The van der Waals surface area contributed by atoms with E-state index in [4.69, 9.17) is 0 Å². The minimum Gasteiger partial charge on any atom is -0.850 e. The molecule has 3 heteroatoms. The SMILES string of the molecule is C=CC(C)=CC.CC(C)(C)[O-].CC(C)(C)[O-].C[C-](C)C.[C-]1=CC=CC1.[Ti+4]. The van der Waals surface area contributed by atoms with E-state index in [0.717, 1.165) is 6.42 Å². The summed E-state index contributed by atoms with van der Waals surface area (Å²) in [7, 11) is 0. The Balaban J connectivity index is -0.0000000704. The maximum absolute atomic E-state index is 10.1. The Labute approximate surface area is 180 Å². The fourth-order valence-electron chi connectivity index (χ4n) is 0.458. The van der Waals surface area contributed by atoms with Gasteiger partial charge in [-0.05, 0) is 13.8 Å². The van der Waals surface area contributed by atoms with Crippen LogP contribution in [0.3, 0.4) is 0 Å². The van der Waals surface area contributed by atoms with Gasteiger partial charge in [0.25, 0.3) is 0 Å². The first-order valence-corrected chi connectivity index (χ1v) is 8.69. The Morgan fingerprint density at radius 2 is 1.35 bits per heavy atom. The third-order valence-electron chi connectivity index (χ3n) is 1.36. The normalized spacial score (nSPS) is 12.0. The zero-order valence-electron chi connectivity index (χ0n) is 19.1. The average Bonchev–Trinajstić information content (AvgIpc) is 2.92. The van der Waals surface area contributed by atoms with Crippen LogP contribution in [0.5, 0.6) is 0 Å². The summed E-state index contributed by atoms with van der Waals surface area (Å²) in [6, 6.07) is 0. The molecule has 0 spiro atoms. The number of hydrogen-bond donors (Lipinski definition) is 0. The monoisotopic (exact) mass is 398 g/mol. The Kier molecular flexibility index (Phi) is 31.8. The van der Waals surface area contributed by atoms with Gasteiger partial charge in [-0.2, -0.15) is 26.8 Å². The van der Waals surface area contributed by atoms with Crippen LogP contribution < -0.4 is 10.2 Å². The molecule has 2 nitrogen and oxygen atoms in total. The fraction of sp³-hybridized carbons (Fsp3) is 0.609. The molecule has 0 heterocycles. The molecule has 0 saturated heterocycles. The summed E-state index contributed by atoms with van der Waals surface area (Å²) in [6.45, 7) is 23.6. The molecule has 1 aliphatic carbocycles. The number of rotatable bonds is 1. The minimum absolute atomic E-state index is 0. The molecule has 0 N–H and O–H groups in total. The predicted molar refractivity (Wildman–Crippen MR) is 111 cm³/mol. The molecule has 0 aromatic rings. The van der Waals surface area contributed by atoms with Crippen molar-refractivity contribution in [3.63, 3.8) is 0 Å². The van der Waals surface area contributed by atoms with Crippen molar-refractivity contribution < 1.29 is 31.9 Å². The summed E-state index contributed by atoms with van der Waals surface area (Å²) in [4.78, 5) is 0. The predicted octanol–water partition coefficient (Wildman–Crippen LogP) is 5.35. The van der Waals surface area contributed by atoms with Gasteiger partial charge in [0.15, 0.2) is 0 Å². The maximum Gasteiger partial charge on any atom is 4.00 e. The van der Waals surface area contributed by atoms with E-state index in [1.54, 1.807) is 41.5 Å². The summed E-state index contributed by atoms with van der Waals surface area (Å²) >= 11 is 0. The van der Waals surface area contributed by atoms with Gasteiger partial charge in [0, 0.05) is 0 Å². The van der Waals surface area contributed by atoms with Crippen LogP contribution in [0.25, 0.3) is 0 Å². The zero-order chi connectivity index (χ0) is 21.1. The fourth-order valence-corrected chi connectivity index (χ4v) is 0.458. The summed E-state index contributed by atoms with van der Waals surface area (Å²) < 4.78 is 0. The van der Waals surface area contributed by atoms with E-state index < -0.39 is 11.2 Å². The van der Waals surface area contributed by atoms with E-state index in [9.17, 15) is 10.2 Å². The van der Waals surface area contributed by atoms with E-state index in [-0.39, 0.29) is 21.7 Å². The standard InChI is InChI=1S/C6H10.C5H5.2C4H9O.C4H9.Ti/c1-4-6(3)5-2;1-2-4-5-3-1;2*1-4(2,3)5;1-4(2)3;/h4-5H,1H2,2-3H3;1-3H,4H2;2*1-3H3;1-3H3;/q;4*-1;+4. The van der Waals surface area contributed by atoms with Crippen LogP contribution >= 0.6 is 0 Å². The summed E-state index contributed by atoms with van der Waals surface area (Å²) in [5.74, 6) is 1.42. The minimum atomic E-state index is -0.750. The van der Waals surface area contributed by atoms with Gasteiger partial charge in [-0.25, -0.2) is 12.2 Å². The van der Waals surface area contributed by atoms with Crippen molar-refractivity contribution in [2.45, 2.75) is 93.8 Å². The van der Waals surface area contributed by atoms with E-state index >= 15 is 0 Å². The van der Waals surface area contributed by atoms with Crippen LogP contribution in [-0.2, 0) is 21.7 Å². The quantitative estimate of drug-likeness (QED) is 0.339. The van der Waals surface area contributed by atoms with Crippen molar-refractivity contribution in [1.82, 2.24) is 0 Å². The second-order valence-electron chi connectivity index (χ2n) is 7.96. The molecule has 0 radical (unpaired) electrons. The molecule has 0 saturated carbocycles. The molecule has 0 unspecified atom stereocenters. The van der Waals surface area contributed by atoms with Crippen LogP contribution in [0.2, 0.25) is 0 Å². The zero-order valence-corrected chi connectivity index (χ0v) is 20.7. The van der Waals surface area contributed by atoms with Crippen molar-refractivity contribution in [2.24, 2.45) is 0 Å². The molecule has 1 aliphatic rings. The van der Waals surface area contributed by atoms with Crippen molar-refractivity contribution in [3.8, 4) is 0 Å². The molecule has 0 bridgehead atoms. The Hall–Kier alpha value is -0.406. The second kappa shape index (κ2) is 22.6. The molecule has 1 rings (SSSR count). The summed E-state index contributed by atoms with van der Waals surface area (Å²) in [5.41, 5.74) is -0.269. The molecule has 150 valence electrons. The maximum atomic E-state index is 10.1. The van der Waals surface area contributed by atoms with Crippen LogP contribution in [-0.4, -0.2) is 11.2 Å². The smallest absolute Gasteiger partial charge is 0.850 e. The Bertz CT molecular complexity index is 328. The van der Waals surface area contributed by atoms with Crippen molar-refractivity contribution in [3.05, 3.63) is 54.5 Å². The van der Waals surface area contributed by atoms with Gasteiger partial charge in [0.2, 0.25) is 0 Å². The average molecular weight is 398 g/mol. The molecule has 0 aromatic heterocycles. The molecule has 0 fully saturated rings. The molecule has 0 aliphatic heterocycles. The molecular weight excluding hydrogens is 356 g/mol. The molecule has 0 atom stereocenters. The van der Waals surface area contributed by atoms with Crippen LogP contribution in [0.4, 0.5) is 0 Å². The van der Waals surface area contributed by atoms with E-state index in [1.165, 1.54) is 11.5 Å².